The molecule has 4 aromatic rings. The summed E-state index contributed by atoms with van der Waals surface area (Å²) in [5.74, 6) is 3.34. The fourth-order valence-corrected chi connectivity index (χ4v) is 2.65. The van der Waals surface area contributed by atoms with Crippen LogP contribution in [0.25, 0.3) is 0 Å². The molecule has 4 aromatic carbocycles. The van der Waals surface area contributed by atoms with Crippen molar-refractivity contribution in [3.8, 4) is 51.7 Å². The van der Waals surface area contributed by atoms with Gasteiger partial charge in [-0.25, -0.2) is 0 Å². The van der Waals surface area contributed by atoms with Crippen molar-refractivity contribution in [2.24, 2.45) is 0 Å². The van der Waals surface area contributed by atoms with E-state index in [2.05, 4.69) is 0 Å². The number of hydrogen-bond donors (Lipinski definition) is 3. The molecule has 0 spiro atoms. The van der Waals surface area contributed by atoms with E-state index < -0.39 is 0 Å². The van der Waals surface area contributed by atoms with Gasteiger partial charge in [-0.15, -0.1) is 0 Å². The quantitative estimate of drug-likeness (QED) is 0.357. The lowest BCUT2D eigenvalue weighted by Crippen LogP contribution is -1.92. The molecule has 4 rings (SSSR count). The average Bonchev–Trinajstić information content (AvgIpc) is 2.75. The standard InChI is InChI=1S/C24H18O6/c25-16-1-7-19(8-2-16)28-22-13-14-23(29-20-9-3-17(26)4-10-20)24(15-22)30-21-11-5-18(27)6-12-21/h1-15,25-27H. The van der Waals surface area contributed by atoms with Crippen molar-refractivity contribution in [2.45, 2.75) is 0 Å². The lowest BCUT2D eigenvalue weighted by molar-refractivity contribution is 0.410. The molecule has 0 heterocycles. The molecule has 0 atom stereocenters. The summed E-state index contributed by atoms with van der Waals surface area (Å²) in [6.45, 7) is 0. The summed E-state index contributed by atoms with van der Waals surface area (Å²) in [4.78, 5) is 0. The fraction of sp³-hybridized carbons (Fsp3) is 0. The van der Waals surface area contributed by atoms with E-state index in [4.69, 9.17) is 14.2 Å². The molecule has 0 aliphatic heterocycles. The first-order chi connectivity index (χ1) is 14.5. The largest absolute Gasteiger partial charge is 0.508 e. The molecule has 0 saturated heterocycles. The molecule has 0 bridgehead atoms. The maximum Gasteiger partial charge on any atom is 0.173 e. The van der Waals surface area contributed by atoms with Gasteiger partial charge in [-0.2, -0.15) is 0 Å². The van der Waals surface area contributed by atoms with Gasteiger partial charge in [0.25, 0.3) is 0 Å². The first kappa shape index (κ1) is 19.0. The molecular weight excluding hydrogens is 384 g/mol. The van der Waals surface area contributed by atoms with Crippen molar-refractivity contribution < 1.29 is 29.5 Å². The van der Waals surface area contributed by atoms with Crippen LogP contribution in [0.5, 0.6) is 51.7 Å². The van der Waals surface area contributed by atoms with E-state index in [1.807, 2.05) is 0 Å². The van der Waals surface area contributed by atoms with Crippen molar-refractivity contribution in [3.63, 3.8) is 0 Å². The zero-order chi connectivity index (χ0) is 20.9. The topological polar surface area (TPSA) is 88.4 Å². The summed E-state index contributed by atoms with van der Waals surface area (Å²) in [5.41, 5.74) is 0. The molecule has 6 heteroatoms. The summed E-state index contributed by atoms with van der Waals surface area (Å²) in [7, 11) is 0. The van der Waals surface area contributed by atoms with Crippen LogP contribution in [-0.2, 0) is 0 Å². The maximum absolute atomic E-state index is 9.48. The predicted molar refractivity (Wildman–Crippen MR) is 111 cm³/mol. The second kappa shape index (κ2) is 8.36. The van der Waals surface area contributed by atoms with Gasteiger partial charge < -0.3 is 29.5 Å². The number of benzene rings is 4. The zero-order valence-corrected chi connectivity index (χ0v) is 15.7. The first-order valence-electron chi connectivity index (χ1n) is 9.10. The van der Waals surface area contributed by atoms with Crippen molar-refractivity contribution in [1.82, 2.24) is 0 Å². The van der Waals surface area contributed by atoms with Gasteiger partial charge in [0.05, 0.1) is 0 Å². The van der Waals surface area contributed by atoms with Crippen LogP contribution in [0.2, 0.25) is 0 Å². The number of rotatable bonds is 6. The molecule has 0 radical (unpaired) electrons. The van der Waals surface area contributed by atoms with Crippen molar-refractivity contribution in [1.29, 1.82) is 0 Å². The Bertz CT molecular complexity index is 1120. The molecule has 0 fully saturated rings. The lowest BCUT2D eigenvalue weighted by atomic mass is 10.2. The van der Waals surface area contributed by atoms with Gasteiger partial charge in [0, 0.05) is 6.07 Å². The summed E-state index contributed by atoms with van der Waals surface area (Å²) >= 11 is 0. The van der Waals surface area contributed by atoms with E-state index in [-0.39, 0.29) is 17.2 Å². The minimum atomic E-state index is 0.132. The third kappa shape index (κ3) is 4.74. The minimum Gasteiger partial charge on any atom is -0.508 e. The van der Waals surface area contributed by atoms with Gasteiger partial charge >= 0.3 is 0 Å². The van der Waals surface area contributed by atoms with Crippen LogP contribution in [0.4, 0.5) is 0 Å². The number of hydrogen-bond acceptors (Lipinski definition) is 6. The molecule has 0 saturated carbocycles. The van der Waals surface area contributed by atoms with Gasteiger partial charge in [0.15, 0.2) is 11.5 Å². The molecule has 150 valence electrons. The van der Waals surface area contributed by atoms with Gasteiger partial charge in [0.2, 0.25) is 0 Å². The van der Waals surface area contributed by atoms with Crippen LogP contribution in [0.15, 0.2) is 91.0 Å². The molecular formula is C24H18O6. The van der Waals surface area contributed by atoms with Crippen molar-refractivity contribution >= 4 is 0 Å². The van der Waals surface area contributed by atoms with Crippen LogP contribution in [0.1, 0.15) is 0 Å². The Morgan fingerprint density at radius 2 is 0.733 bits per heavy atom. The van der Waals surface area contributed by atoms with Crippen molar-refractivity contribution in [2.75, 3.05) is 0 Å². The van der Waals surface area contributed by atoms with Gasteiger partial charge in [-0.1, -0.05) is 0 Å². The summed E-state index contributed by atoms with van der Waals surface area (Å²) in [6.07, 6.45) is 0. The van der Waals surface area contributed by atoms with Crippen LogP contribution >= 0.6 is 0 Å². The number of aromatic hydroxyl groups is 3. The van der Waals surface area contributed by atoms with Gasteiger partial charge in [0.1, 0.15) is 40.2 Å². The Balaban J connectivity index is 1.64. The van der Waals surface area contributed by atoms with Crippen molar-refractivity contribution in [3.05, 3.63) is 91.0 Å². The van der Waals surface area contributed by atoms with Gasteiger partial charge in [-0.05, 0) is 84.9 Å². The smallest absolute Gasteiger partial charge is 0.173 e. The predicted octanol–water partition coefficient (Wildman–Crippen LogP) is 6.18. The Morgan fingerprint density at radius 3 is 1.20 bits per heavy atom. The molecule has 0 aliphatic carbocycles. The maximum atomic E-state index is 9.48. The Labute approximate surface area is 172 Å². The minimum absolute atomic E-state index is 0.132. The second-order valence-corrected chi connectivity index (χ2v) is 6.40. The highest BCUT2D eigenvalue weighted by Gasteiger charge is 2.11. The average molecular weight is 402 g/mol. The van der Waals surface area contributed by atoms with Crippen LogP contribution in [0.3, 0.4) is 0 Å². The van der Waals surface area contributed by atoms with E-state index in [0.717, 1.165) is 0 Å². The molecule has 30 heavy (non-hydrogen) atoms. The molecule has 6 nitrogen and oxygen atoms in total. The SMILES string of the molecule is Oc1ccc(Oc2ccc(Oc3ccc(O)cc3)c(Oc3ccc(O)cc3)c2)cc1. The first-order valence-corrected chi connectivity index (χ1v) is 9.10. The lowest BCUT2D eigenvalue weighted by Gasteiger charge is -2.14. The number of phenolic OH excluding ortho intramolecular Hbond substituents is 3. The highest BCUT2D eigenvalue weighted by atomic mass is 16.5. The molecule has 0 amide bonds. The molecule has 0 unspecified atom stereocenters. The molecule has 3 N–H and O–H groups in total. The van der Waals surface area contributed by atoms with Crippen LogP contribution in [0, 0.1) is 0 Å². The van der Waals surface area contributed by atoms with Gasteiger partial charge in [-0.3, -0.25) is 0 Å². The Kier molecular flexibility index (Phi) is 5.30. The monoisotopic (exact) mass is 402 g/mol. The zero-order valence-electron chi connectivity index (χ0n) is 15.7. The van der Waals surface area contributed by atoms with E-state index in [9.17, 15) is 15.3 Å². The summed E-state index contributed by atoms with van der Waals surface area (Å²) in [6, 6.07) is 24.1. The highest BCUT2D eigenvalue weighted by Crippen LogP contribution is 2.39. The van der Waals surface area contributed by atoms with Crippen LogP contribution < -0.4 is 14.2 Å². The van der Waals surface area contributed by atoms with Crippen LogP contribution in [-0.4, -0.2) is 15.3 Å². The third-order valence-corrected chi connectivity index (χ3v) is 4.12. The Morgan fingerprint density at radius 1 is 0.367 bits per heavy atom. The van der Waals surface area contributed by atoms with E-state index in [0.29, 0.717) is 34.5 Å². The molecule has 0 aliphatic rings. The number of phenols is 3. The van der Waals surface area contributed by atoms with E-state index in [1.54, 1.807) is 54.6 Å². The molecule has 0 aromatic heterocycles. The van der Waals surface area contributed by atoms with E-state index >= 15 is 0 Å². The van der Waals surface area contributed by atoms with E-state index in [1.165, 1.54) is 36.4 Å². The summed E-state index contributed by atoms with van der Waals surface area (Å²) < 4.78 is 17.7. The fourth-order valence-electron chi connectivity index (χ4n) is 2.65. The summed E-state index contributed by atoms with van der Waals surface area (Å²) in [5, 5.41) is 28.4. The Hall–Kier alpha value is -4.32. The highest BCUT2D eigenvalue weighted by molar-refractivity contribution is 5.51. The third-order valence-electron chi connectivity index (χ3n) is 4.12. The second-order valence-electron chi connectivity index (χ2n) is 6.40. The number of ether oxygens (including phenoxy) is 3. The normalized spacial score (nSPS) is 10.4.